The molecule has 0 saturated heterocycles. The number of carbonyl (C=O) groups is 2. The zero-order valence-corrected chi connectivity index (χ0v) is 21.6. The van der Waals surface area contributed by atoms with Crippen molar-refractivity contribution in [1.29, 1.82) is 0 Å². The number of rotatable bonds is 6. The third-order valence-corrected chi connectivity index (χ3v) is 7.33. The molecule has 38 heavy (non-hydrogen) atoms. The largest absolute Gasteiger partial charge is 0.495 e. The Balaban J connectivity index is 1.35. The third kappa shape index (κ3) is 4.39. The lowest BCUT2D eigenvalue weighted by molar-refractivity contribution is -0.119. The lowest BCUT2D eigenvalue weighted by atomic mass is 9.97. The number of halogens is 1. The number of anilines is 2. The number of para-hydroxylation sites is 4. The van der Waals surface area contributed by atoms with Crippen molar-refractivity contribution >= 4 is 34.9 Å². The van der Waals surface area contributed by atoms with Crippen molar-refractivity contribution in [2.45, 2.75) is 24.9 Å². The predicted octanol–water partition coefficient (Wildman–Crippen LogP) is 6.27. The van der Waals surface area contributed by atoms with Crippen LogP contribution in [-0.4, -0.2) is 41.1 Å². The summed E-state index contributed by atoms with van der Waals surface area (Å²) in [6, 6.07) is 26.0. The second-order valence-corrected chi connectivity index (χ2v) is 9.94. The third-order valence-electron chi connectivity index (χ3n) is 7.08. The molecule has 192 valence electrons. The van der Waals surface area contributed by atoms with Gasteiger partial charge in [-0.2, -0.15) is 0 Å². The van der Waals surface area contributed by atoms with Crippen LogP contribution in [0.5, 0.6) is 5.75 Å². The second kappa shape index (κ2) is 9.91. The summed E-state index contributed by atoms with van der Waals surface area (Å²) in [6.45, 7) is -0.0508. The van der Waals surface area contributed by atoms with Gasteiger partial charge in [0.15, 0.2) is 0 Å². The van der Waals surface area contributed by atoms with Crippen LogP contribution in [-0.2, 0) is 4.79 Å². The Morgan fingerprint density at radius 3 is 2.39 bits per heavy atom. The van der Waals surface area contributed by atoms with E-state index >= 15 is 0 Å². The molecule has 0 bridgehead atoms. The summed E-state index contributed by atoms with van der Waals surface area (Å²) in [4.78, 5) is 31.1. The first-order chi connectivity index (χ1) is 18.5. The molecule has 8 heteroatoms. The average Bonchev–Trinajstić information content (AvgIpc) is 3.66. The van der Waals surface area contributed by atoms with Gasteiger partial charge in [-0.1, -0.05) is 48.0 Å². The topological polar surface area (TPSA) is 66.8 Å². The molecule has 1 aromatic heterocycles. The fourth-order valence-corrected chi connectivity index (χ4v) is 5.26. The van der Waals surface area contributed by atoms with E-state index in [4.69, 9.17) is 16.3 Å². The van der Waals surface area contributed by atoms with Gasteiger partial charge >= 0.3 is 6.03 Å². The van der Waals surface area contributed by atoms with E-state index in [2.05, 4.69) is 9.88 Å². The molecule has 7 nitrogen and oxygen atoms in total. The Kier molecular flexibility index (Phi) is 6.29. The molecular weight excluding hydrogens is 500 g/mol. The Hall–Kier alpha value is -4.23. The fourth-order valence-electron chi connectivity index (χ4n) is 5.13. The molecule has 4 aromatic rings. The maximum absolute atomic E-state index is 14.2. The molecule has 1 aliphatic carbocycles. The van der Waals surface area contributed by atoms with Gasteiger partial charge < -0.3 is 19.5 Å². The molecule has 3 amide bonds. The van der Waals surface area contributed by atoms with Crippen LogP contribution >= 0.6 is 11.6 Å². The van der Waals surface area contributed by atoms with Crippen LogP contribution in [0.3, 0.4) is 0 Å². The van der Waals surface area contributed by atoms with Gasteiger partial charge in [0.05, 0.1) is 29.9 Å². The Labute approximate surface area is 226 Å². The van der Waals surface area contributed by atoms with Gasteiger partial charge in [0.2, 0.25) is 5.91 Å². The van der Waals surface area contributed by atoms with E-state index in [1.54, 1.807) is 24.1 Å². The van der Waals surface area contributed by atoms with E-state index in [1.165, 1.54) is 0 Å². The summed E-state index contributed by atoms with van der Waals surface area (Å²) < 4.78 is 7.51. The highest BCUT2D eigenvalue weighted by atomic mass is 35.5. The van der Waals surface area contributed by atoms with E-state index in [0.717, 1.165) is 35.5 Å². The van der Waals surface area contributed by atoms with E-state index in [-0.39, 0.29) is 30.6 Å². The minimum absolute atomic E-state index is 0.0199. The van der Waals surface area contributed by atoms with Gasteiger partial charge in [0.1, 0.15) is 18.3 Å². The van der Waals surface area contributed by atoms with Crippen LogP contribution < -0.4 is 15.0 Å². The van der Waals surface area contributed by atoms with Crippen LogP contribution in [0.25, 0.3) is 5.69 Å². The second-order valence-electron chi connectivity index (χ2n) is 9.50. The molecule has 2 aliphatic rings. The smallest absolute Gasteiger partial charge is 0.322 e. The Bertz CT molecular complexity index is 1500. The molecule has 1 N–H and O–H groups in total. The summed E-state index contributed by atoms with van der Waals surface area (Å²) in [7, 11) is 1.56. The molecule has 6 rings (SSSR count). The molecule has 1 saturated carbocycles. The maximum atomic E-state index is 14.2. The summed E-state index contributed by atoms with van der Waals surface area (Å²) in [6.07, 6.45) is 3.75. The number of urea groups is 1. The van der Waals surface area contributed by atoms with E-state index in [0.29, 0.717) is 16.5 Å². The Morgan fingerprint density at radius 2 is 1.66 bits per heavy atom. The number of hydrogen-bond acceptors (Lipinski definition) is 3. The number of fused-ring (bicyclic) bond motifs is 3. The standard InChI is InChI=1S/C30H27ClN4O3/c1-38-27-11-5-2-7-23(27)32-30(37)34(22-16-17-22)19-28(36)35-25-9-4-3-8-24(25)33-18-6-10-26(33)29(35)20-12-14-21(31)15-13-20/h2-15,18,22,29H,16-17,19H2,1H3,(H,32,37). The molecule has 0 spiro atoms. The number of carbonyl (C=O) groups excluding carboxylic acids is 2. The van der Waals surface area contributed by atoms with Crippen molar-refractivity contribution in [1.82, 2.24) is 9.47 Å². The first-order valence-corrected chi connectivity index (χ1v) is 13.0. The van der Waals surface area contributed by atoms with Crippen molar-refractivity contribution in [3.8, 4) is 11.4 Å². The van der Waals surface area contributed by atoms with Gasteiger partial charge in [0.25, 0.3) is 0 Å². The number of nitrogens with one attached hydrogen (secondary N) is 1. The minimum atomic E-state index is -0.372. The summed E-state index contributed by atoms with van der Waals surface area (Å²) >= 11 is 6.20. The van der Waals surface area contributed by atoms with Crippen LogP contribution in [0.1, 0.15) is 30.1 Å². The molecule has 0 radical (unpaired) electrons. The molecule has 1 unspecified atom stereocenters. The Morgan fingerprint density at radius 1 is 0.947 bits per heavy atom. The highest BCUT2D eigenvalue weighted by molar-refractivity contribution is 6.30. The highest BCUT2D eigenvalue weighted by Gasteiger charge is 2.40. The molecule has 1 fully saturated rings. The number of methoxy groups -OCH3 is 1. The minimum Gasteiger partial charge on any atom is -0.495 e. The van der Waals surface area contributed by atoms with Gasteiger partial charge in [0, 0.05) is 17.3 Å². The fraction of sp³-hybridized carbons (Fsp3) is 0.200. The number of ether oxygens (including phenoxy) is 1. The van der Waals surface area contributed by atoms with E-state index in [1.807, 2.05) is 83.9 Å². The zero-order chi connectivity index (χ0) is 26.2. The van der Waals surface area contributed by atoms with Crippen LogP contribution in [0.2, 0.25) is 5.02 Å². The first-order valence-electron chi connectivity index (χ1n) is 12.6. The number of benzene rings is 3. The van der Waals surface area contributed by atoms with Crippen molar-refractivity contribution in [3.05, 3.63) is 107 Å². The molecule has 1 aliphatic heterocycles. The van der Waals surface area contributed by atoms with Crippen LogP contribution in [0.4, 0.5) is 16.2 Å². The molecule has 1 atom stereocenters. The number of aromatic nitrogens is 1. The molecule has 3 aromatic carbocycles. The average molecular weight is 527 g/mol. The SMILES string of the molecule is COc1ccccc1NC(=O)N(CC(=O)N1c2ccccc2-n2cccc2C1c1ccc(Cl)cc1)C1CC1. The van der Waals surface area contributed by atoms with E-state index in [9.17, 15) is 9.59 Å². The van der Waals surface area contributed by atoms with Gasteiger partial charge in [-0.05, 0) is 66.9 Å². The van der Waals surface area contributed by atoms with Crippen molar-refractivity contribution in [2.24, 2.45) is 0 Å². The lowest BCUT2D eigenvalue weighted by Crippen LogP contribution is -2.48. The summed E-state index contributed by atoms with van der Waals surface area (Å²) in [5, 5.41) is 3.57. The quantitative estimate of drug-likeness (QED) is 0.322. The zero-order valence-electron chi connectivity index (χ0n) is 20.9. The molecular formula is C30H27ClN4O3. The maximum Gasteiger partial charge on any atom is 0.322 e. The van der Waals surface area contributed by atoms with Crippen molar-refractivity contribution in [3.63, 3.8) is 0 Å². The normalized spacial score (nSPS) is 15.8. The summed E-state index contributed by atoms with van der Waals surface area (Å²) in [5.74, 6) is 0.406. The first kappa shape index (κ1) is 24.1. The number of hydrogen-bond donors (Lipinski definition) is 1. The van der Waals surface area contributed by atoms with Gasteiger partial charge in [-0.15, -0.1) is 0 Å². The van der Waals surface area contributed by atoms with Crippen LogP contribution in [0.15, 0.2) is 91.1 Å². The lowest BCUT2D eigenvalue weighted by Gasteiger charge is -2.39. The van der Waals surface area contributed by atoms with Gasteiger partial charge in [-0.3, -0.25) is 9.69 Å². The van der Waals surface area contributed by atoms with Crippen LogP contribution in [0, 0.1) is 0 Å². The number of amides is 3. The highest BCUT2D eigenvalue weighted by Crippen LogP contribution is 2.43. The summed E-state index contributed by atoms with van der Waals surface area (Å²) in [5.41, 5.74) is 4.19. The monoisotopic (exact) mass is 526 g/mol. The predicted molar refractivity (Wildman–Crippen MR) is 148 cm³/mol. The van der Waals surface area contributed by atoms with Gasteiger partial charge in [-0.25, -0.2) is 4.79 Å². The molecule has 2 heterocycles. The van der Waals surface area contributed by atoms with Crippen molar-refractivity contribution < 1.29 is 14.3 Å². The number of nitrogens with zero attached hydrogens (tertiary/aromatic N) is 3. The van der Waals surface area contributed by atoms with E-state index < -0.39 is 0 Å². The van der Waals surface area contributed by atoms with Crippen molar-refractivity contribution in [2.75, 3.05) is 23.9 Å².